The monoisotopic (exact) mass is 414 g/mol. The molecule has 1 atom stereocenters. The number of nitrogens with one attached hydrogen (secondary N) is 1. The molecule has 1 aliphatic rings. The third-order valence-corrected chi connectivity index (χ3v) is 4.91. The molecule has 0 spiro atoms. The van der Waals surface area contributed by atoms with Gasteiger partial charge in [-0.25, -0.2) is 4.39 Å². The predicted octanol–water partition coefficient (Wildman–Crippen LogP) is 1.84. The third-order valence-electron chi connectivity index (χ3n) is 4.91. The fourth-order valence-corrected chi connectivity index (χ4v) is 3.41. The van der Waals surface area contributed by atoms with Crippen LogP contribution in [0.1, 0.15) is 17.2 Å². The molecule has 3 rings (SSSR count). The number of aliphatic hydroxyl groups excluding tert-OH is 2. The van der Waals surface area contributed by atoms with Crippen LogP contribution in [0.15, 0.2) is 54.1 Å². The lowest BCUT2D eigenvalue weighted by molar-refractivity contribution is -0.139. The molecule has 0 bridgehead atoms. The van der Waals surface area contributed by atoms with Crippen LogP contribution in [0.2, 0.25) is 0 Å². The van der Waals surface area contributed by atoms with Crippen molar-refractivity contribution < 1.29 is 28.9 Å². The minimum Gasteiger partial charge on any atom is -0.507 e. The van der Waals surface area contributed by atoms with Crippen LogP contribution < -0.4 is 10.1 Å². The Labute approximate surface area is 173 Å². The molecule has 1 aliphatic heterocycles. The summed E-state index contributed by atoms with van der Waals surface area (Å²) in [6.45, 7) is 0.857. The lowest BCUT2D eigenvalue weighted by Gasteiger charge is -2.25. The molecule has 3 N–H and O–H groups in total. The van der Waals surface area contributed by atoms with Gasteiger partial charge in [-0.3, -0.25) is 9.59 Å². The van der Waals surface area contributed by atoms with Gasteiger partial charge in [-0.2, -0.15) is 0 Å². The molecule has 1 fully saturated rings. The maximum atomic E-state index is 13.3. The Hall–Kier alpha value is -3.23. The molecule has 2 aromatic carbocycles. The number of aliphatic hydroxyl groups is 2. The molecule has 0 saturated carbocycles. The molecule has 8 heteroatoms. The number of hydrogen-bond acceptors (Lipinski definition) is 6. The van der Waals surface area contributed by atoms with Crippen molar-refractivity contribution in [3.05, 3.63) is 71.0 Å². The highest BCUT2D eigenvalue weighted by molar-refractivity contribution is 6.46. The number of Topliss-reactive ketones (excluding diaryl/α,β-unsaturated/α-hetero) is 1. The summed E-state index contributed by atoms with van der Waals surface area (Å²) in [5, 5.41) is 22.7. The second kappa shape index (κ2) is 9.51. The van der Waals surface area contributed by atoms with Crippen LogP contribution in [0.3, 0.4) is 0 Å². The highest BCUT2D eigenvalue weighted by atomic mass is 19.1. The molecule has 2 aromatic rings. The van der Waals surface area contributed by atoms with Crippen molar-refractivity contribution in [2.24, 2.45) is 0 Å². The number of amides is 1. The third kappa shape index (κ3) is 4.34. The van der Waals surface area contributed by atoms with Crippen molar-refractivity contribution in [2.75, 3.05) is 33.4 Å². The van der Waals surface area contributed by atoms with Crippen LogP contribution in [-0.2, 0) is 9.59 Å². The minimum atomic E-state index is -0.808. The van der Waals surface area contributed by atoms with E-state index < -0.39 is 23.5 Å². The summed E-state index contributed by atoms with van der Waals surface area (Å²) in [7, 11) is 1.53. The summed E-state index contributed by atoms with van der Waals surface area (Å²) in [4.78, 5) is 26.9. The van der Waals surface area contributed by atoms with Crippen molar-refractivity contribution in [2.45, 2.75) is 6.04 Å². The maximum Gasteiger partial charge on any atom is 0.295 e. The topological polar surface area (TPSA) is 99.1 Å². The number of benzene rings is 2. The predicted molar refractivity (Wildman–Crippen MR) is 108 cm³/mol. The van der Waals surface area contributed by atoms with E-state index in [0.29, 0.717) is 24.4 Å². The number of carbonyl (C=O) groups excluding carboxylic acids is 2. The van der Waals surface area contributed by atoms with E-state index in [1.165, 1.54) is 36.3 Å². The number of ketones is 1. The summed E-state index contributed by atoms with van der Waals surface area (Å²) in [6.07, 6.45) is 0. The van der Waals surface area contributed by atoms with E-state index in [4.69, 9.17) is 9.84 Å². The number of hydrogen-bond donors (Lipinski definition) is 3. The number of halogens is 1. The van der Waals surface area contributed by atoms with E-state index in [1.807, 2.05) is 0 Å². The second-order valence-electron chi connectivity index (χ2n) is 6.75. The molecule has 158 valence electrons. The van der Waals surface area contributed by atoms with Crippen molar-refractivity contribution in [3.8, 4) is 5.75 Å². The van der Waals surface area contributed by atoms with Gasteiger partial charge in [0, 0.05) is 25.2 Å². The van der Waals surface area contributed by atoms with Gasteiger partial charge < -0.3 is 25.2 Å². The van der Waals surface area contributed by atoms with E-state index in [1.54, 1.807) is 24.3 Å². The molecular weight excluding hydrogens is 391 g/mol. The smallest absolute Gasteiger partial charge is 0.295 e. The molecule has 30 heavy (non-hydrogen) atoms. The molecule has 0 radical (unpaired) electrons. The zero-order valence-corrected chi connectivity index (χ0v) is 16.5. The van der Waals surface area contributed by atoms with E-state index in [-0.39, 0.29) is 30.0 Å². The fraction of sp³-hybridized carbons (Fsp3) is 0.273. The van der Waals surface area contributed by atoms with E-state index in [9.17, 15) is 19.1 Å². The first-order chi connectivity index (χ1) is 14.5. The molecule has 1 heterocycles. The number of carbonyl (C=O) groups is 2. The normalized spacial score (nSPS) is 18.1. The summed E-state index contributed by atoms with van der Waals surface area (Å²) in [5.74, 6) is -1.77. The van der Waals surface area contributed by atoms with E-state index in [0.717, 1.165) is 0 Å². The summed E-state index contributed by atoms with van der Waals surface area (Å²) in [6, 6.07) is 11.1. The second-order valence-corrected chi connectivity index (χ2v) is 6.75. The van der Waals surface area contributed by atoms with Crippen molar-refractivity contribution >= 4 is 17.4 Å². The summed E-state index contributed by atoms with van der Waals surface area (Å²) in [5.41, 5.74) is 0.811. The largest absolute Gasteiger partial charge is 0.507 e. The highest BCUT2D eigenvalue weighted by Gasteiger charge is 2.45. The van der Waals surface area contributed by atoms with Crippen molar-refractivity contribution in [1.29, 1.82) is 0 Å². The van der Waals surface area contributed by atoms with Gasteiger partial charge in [0.2, 0.25) is 0 Å². The number of nitrogens with zero attached hydrogens (tertiary/aromatic N) is 1. The molecule has 1 unspecified atom stereocenters. The molecule has 0 aliphatic carbocycles. The lowest BCUT2D eigenvalue weighted by atomic mass is 9.95. The molecule has 0 aromatic heterocycles. The summed E-state index contributed by atoms with van der Waals surface area (Å²) >= 11 is 0. The lowest BCUT2D eigenvalue weighted by Crippen LogP contribution is -2.36. The molecule has 1 saturated heterocycles. The first kappa shape index (κ1) is 21.5. The van der Waals surface area contributed by atoms with E-state index in [2.05, 4.69) is 5.32 Å². The van der Waals surface area contributed by atoms with Gasteiger partial charge >= 0.3 is 0 Å². The standard InChI is InChI=1S/C22H23FN2O5/c1-30-17-8-4-14(5-9-17)19-18(20(27)15-2-6-16(23)7-3-15)21(28)22(29)25(19)12-10-24-11-13-26/h2-9,19,24,26-27H,10-13H2,1H3/b20-18+. The fourth-order valence-electron chi connectivity index (χ4n) is 3.41. The van der Waals surface area contributed by atoms with Crippen LogP contribution in [0.5, 0.6) is 5.75 Å². The Balaban J connectivity index is 2.05. The SMILES string of the molecule is COc1ccc(C2/C(=C(\O)c3ccc(F)cc3)C(=O)C(=O)N2CCNCCO)cc1. The molecular formula is C22H23FN2O5. The average molecular weight is 414 g/mol. The van der Waals surface area contributed by atoms with Crippen LogP contribution in [0.25, 0.3) is 5.76 Å². The van der Waals surface area contributed by atoms with Gasteiger partial charge in [-0.05, 0) is 42.0 Å². The van der Waals surface area contributed by atoms with E-state index >= 15 is 0 Å². The first-order valence-electron chi connectivity index (χ1n) is 9.47. The van der Waals surface area contributed by atoms with Gasteiger partial charge in [0.25, 0.3) is 11.7 Å². The zero-order chi connectivity index (χ0) is 21.7. The Morgan fingerprint density at radius 2 is 1.77 bits per heavy atom. The highest BCUT2D eigenvalue weighted by Crippen LogP contribution is 2.39. The maximum absolute atomic E-state index is 13.3. The van der Waals surface area contributed by atoms with Gasteiger partial charge in [-0.15, -0.1) is 0 Å². The van der Waals surface area contributed by atoms with Crippen molar-refractivity contribution in [3.63, 3.8) is 0 Å². The molecule has 1 amide bonds. The number of methoxy groups -OCH3 is 1. The Bertz CT molecular complexity index is 941. The van der Waals surface area contributed by atoms with Gasteiger partial charge in [0.15, 0.2) is 0 Å². The quantitative estimate of drug-likeness (QED) is 0.264. The Morgan fingerprint density at radius 3 is 2.37 bits per heavy atom. The van der Waals surface area contributed by atoms with Crippen LogP contribution in [0, 0.1) is 5.82 Å². The Kier molecular flexibility index (Phi) is 6.81. The van der Waals surface area contributed by atoms with Gasteiger partial charge in [-0.1, -0.05) is 12.1 Å². The average Bonchev–Trinajstić information content (AvgIpc) is 3.01. The summed E-state index contributed by atoms with van der Waals surface area (Å²) < 4.78 is 18.4. The molecule has 7 nitrogen and oxygen atoms in total. The minimum absolute atomic E-state index is 0.0503. The number of rotatable bonds is 8. The van der Waals surface area contributed by atoms with Crippen LogP contribution >= 0.6 is 0 Å². The number of likely N-dealkylation sites (tertiary alicyclic amines) is 1. The number of ether oxygens (including phenoxy) is 1. The first-order valence-corrected chi connectivity index (χ1v) is 9.47. The van der Waals surface area contributed by atoms with Crippen LogP contribution in [0.4, 0.5) is 4.39 Å². The van der Waals surface area contributed by atoms with Gasteiger partial charge in [0.05, 0.1) is 25.3 Å². The Morgan fingerprint density at radius 1 is 1.10 bits per heavy atom. The van der Waals surface area contributed by atoms with Crippen molar-refractivity contribution in [1.82, 2.24) is 10.2 Å². The van der Waals surface area contributed by atoms with Crippen LogP contribution in [-0.4, -0.2) is 60.2 Å². The van der Waals surface area contributed by atoms with Gasteiger partial charge in [0.1, 0.15) is 17.3 Å². The zero-order valence-electron chi connectivity index (χ0n) is 16.5.